The predicted molar refractivity (Wildman–Crippen MR) is 88.2 cm³/mol. The van der Waals surface area contributed by atoms with E-state index in [4.69, 9.17) is 4.74 Å². The van der Waals surface area contributed by atoms with Crippen LogP contribution in [0.15, 0.2) is 18.2 Å². The fourth-order valence-corrected chi connectivity index (χ4v) is 3.56. The molecule has 0 saturated heterocycles. The van der Waals surface area contributed by atoms with E-state index in [1.165, 1.54) is 31.4 Å². The highest BCUT2D eigenvalue weighted by Crippen LogP contribution is 2.28. The summed E-state index contributed by atoms with van der Waals surface area (Å²) in [5, 5.41) is 2.88. The van der Waals surface area contributed by atoms with Crippen molar-refractivity contribution in [2.75, 3.05) is 24.6 Å². The number of urea groups is 1. The number of halogens is 1. The summed E-state index contributed by atoms with van der Waals surface area (Å²) in [4.78, 5) is 13.9. The van der Waals surface area contributed by atoms with E-state index in [9.17, 15) is 9.18 Å². The Morgan fingerprint density at radius 2 is 2.22 bits per heavy atom. The molecule has 0 bridgehead atoms. The van der Waals surface area contributed by atoms with Gasteiger partial charge in [0.15, 0.2) is 0 Å². The summed E-state index contributed by atoms with van der Waals surface area (Å²) in [6.45, 7) is 3.86. The predicted octanol–water partition coefficient (Wildman–Crippen LogP) is 3.49. The first-order valence-electron chi connectivity index (χ1n) is 8.60. The molecule has 4 nitrogen and oxygen atoms in total. The molecular formula is C18H25FN2O2. The molecule has 1 fully saturated rings. The largest absolute Gasteiger partial charge is 0.376 e. The highest BCUT2D eigenvalue weighted by molar-refractivity contribution is 5.94. The highest BCUT2D eigenvalue weighted by Gasteiger charge is 2.25. The van der Waals surface area contributed by atoms with Crippen molar-refractivity contribution in [3.05, 3.63) is 29.6 Å². The monoisotopic (exact) mass is 320 g/mol. The minimum Gasteiger partial charge on any atom is -0.376 e. The van der Waals surface area contributed by atoms with Crippen LogP contribution < -0.4 is 10.2 Å². The minimum absolute atomic E-state index is 0.172. The van der Waals surface area contributed by atoms with Crippen molar-refractivity contribution in [1.82, 2.24) is 5.32 Å². The molecule has 1 saturated carbocycles. The van der Waals surface area contributed by atoms with Crippen LogP contribution in [-0.4, -0.2) is 31.8 Å². The van der Waals surface area contributed by atoms with Gasteiger partial charge in [-0.25, -0.2) is 9.18 Å². The fourth-order valence-electron chi connectivity index (χ4n) is 3.56. The van der Waals surface area contributed by atoms with Gasteiger partial charge in [-0.05, 0) is 42.9 Å². The molecule has 3 rings (SSSR count). The number of nitrogens with zero attached hydrogens (tertiary/aromatic N) is 1. The van der Waals surface area contributed by atoms with Crippen LogP contribution >= 0.6 is 0 Å². The standard InChI is InChI=1S/C18H25FN2O2/c1-13-4-2-3-5-17(13)23-11-9-20-18(22)21-10-8-14-6-7-15(19)12-16(14)21/h6-7,12-13,17H,2-5,8-11H2,1H3,(H,20,22)/t13-,17-/m1/s1. The maximum absolute atomic E-state index is 13.4. The average Bonchev–Trinajstić information content (AvgIpc) is 2.96. The number of hydrogen-bond acceptors (Lipinski definition) is 2. The van der Waals surface area contributed by atoms with Crippen LogP contribution in [0.25, 0.3) is 0 Å². The number of ether oxygens (including phenoxy) is 1. The first-order valence-corrected chi connectivity index (χ1v) is 8.60. The van der Waals surface area contributed by atoms with Crippen LogP contribution in [0.5, 0.6) is 0 Å². The normalized spacial score (nSPS) is 23.7. The molecule has 0 radical (unpaired) electrons. The molecule has 2 aliphatic rings. The number of rotatable bonds is 4. The molecule has 0 spiro atoms. The van der Waals surface area contributed by atoms with Gasteiger partial charge in [0.25, 0.3) is 0 Å². The number of benzene rings is 1. The molecule has 2 amide bonds. The van der Waals surface area contributed by atoms with Crippen molar-refractivity contribution in [1.29, 1.82) is 0 Å². The van der Waals surface area contributed by atoms with Gasteiger partial charge in [-0.2, -0.15) is 0 Å². The van der Waals surface area contributed by atoms with Gasteiger partial charge in [0, 0.05) is 13.1 Å². The van der Waals surface area contributed by atoms with E-state index in [0.29, 0.717) is 37.4 Å². The lowest BCUT2D eigenvalue weighted by Gasteiger charge is -2.28. The molecule has 1 aliphatic carbocycles. The van der Waals surface area contributed by atoms with E-state index in [1.54, 1.807) is 11.0 Å². The van der Waals surface area contributed by atoms with Gasteiger partial charge < -0.3 is 10.1 Å². The molecule has 0 aromatic heterocycles. The number of nitrogens with one attached hydrogen (secondary N) is 1. The van der Waals surface area contributed by atoms with Crippen molar-refractivity contribution in [2.24, 2.45) is 5.92 Å². The van der Waals surface area contributed by atoms with Crippen molar-refractivity contribution >= 4 is 11.7 Å². The van der Waals surface area contributed by atoms with E-state index in [1.807, 2.05) is 0 Å². The van der Waals surface area contributed by atoms with Crippen LogP contribution in [0.1, 0.15) is 38.2 Å². The van der Waals surface area contributed by atoms with E-state index in [-0.39, 0.29) is 11.8 Å². The smallest absolute Gasteiger partial charge is 0.321 e. The second-order valence-electron chi connectivity index (χ2n) is 6.58. The van der Waals surface area contributed by atoms with Crippen LogP contribution in [0.4, 0.5) is 14.9 Å². The first-order chi connectivity index (χ1) is 11.1. The summed E-state index contributed by atoms with van der Waals surface area (Å²) >= 11 is 0. The van der Waals surface area contributed by atoms with Gasteiger partial charge in [-0.1, -0.05) is 25.8 Å². The molecule has 1 aromatic rings. The number of anilines is 1. The van der Waals surface area contributed by atoms with Crippen molar-refractivity contribution in [2.45, 2.75) is 45.1 Å². The number of hydrogen-bond donors (Lipinski definition) is 1. The number of amides is 2. The lowest BCUT2D eigenvalue weighted by atomic mass is 9.88. The van der Waals surface area contributed by atoms with Crippen molar-refractivity contribution in [3.8, 4) is 0 Å². The van der Waals surface area contributed by atoms with Crippen molar-refractivity contribution in [3.63, 3.8) is 0 Å². The Kier molecular flexibility index (Phi) is 5.16. The lowest BCUT2D eigenvalue weighted by molar-refractivity contribution is -0.00237. The fraction of sp³-hybridized carbons (Fsp3) is 0.611. The second-order valence-corrected chi connectivity index (χ2v) is 6.58. The zero-order valence-electron chi connectivity index (χ0n) is 13.7. The molecule has 126 valence electrons. The number of carbonyl (C=O) groups is 1. The third kappa shape index (κ3) is 3.83. The van der Waals surface area contributed by atoms with Gasteiger partial charge >= 0.3 is 6.03 Å². The Morgan fingerprint density at radius 3 is 3.04 bits per heavy atom. The van der Waals surface area contributed by atoms with Crippen LogP contribution in [-0.2, 0) is 11.2 Å². The molecule has 23 heavy (non-hydrogen) atoms. The molecule has 5 heteroatoms. The summed E-state index contributed by atoms with van der Waals surface area (Å²) < 4.78 is 19.3. The van der Waals surface area contributed by atoms with Gasteiger partial charge in [-0.15, -0.1) is 0 Å². The van der Waals surface area contributed by atoms with Crippen LogP contribution in [0.3, 0.4) is 0 Å². The van der Waals surface area contributed by atoms with E-state index < -0.39 is 0 Å². The minimum atomic E-state index is -0.307. The molecule has 2 atom stereocenters. The van der Waals surface area contributed by atoms with Crippen LogP contribution in [0.2, 0.25) is 0 Å². The van der Waals surface area contributed by atoms with Gasteiger partial charge in [0.2, 0.25) is 0 Å². The summed E-state index contributed by atoms with van der Waals surface area (Å²) in [7, 11) is 0. The van der Waals surface area contributed by atoms with Gasteiger partial charge in [0.05, 0.1) is 18.4 Å². The van der Waals surface area contributed by atoms with Crippen LogP contribution in [0, 0.1) is 11.7 Å². The Bertz CT molecular complexity index is 564. The number of fused-ring (bicyclic) bond motifs is 1. The SMILES string of the molecule is C[C@@H]1CCCC[C@H]1OCCNC(=O)N1CCc2ccc(F)cc21. The lowest BCUT2D eigenvalue weighted by Crippen LogP contribution is -2.41. The van der Waals surface area contributed by atoms with Gasteiger partial charge in [0.1, 0.15) is 5.82 Å². The van der Waals surface area contributed by atoms with E-state index >= 15 is 0 Å². The van der Waals surface area contributed by atoms with E-state index in [2.05, 4.69) is 12.2 Å². The maximum atomic E-state index is 13.4. The molecular weight excluding hydrogens is 295 g/mol. The Balaban J connectivity index is 1.45. The third-order valence-electron chi connectivity index (χ3n) is 4.93. The summed E-state index contributed by atoms with van der Waals surface area (Å²) in [5.41, 5.74) is 1.71. The average molecular weight is 320 g/mol. The zero-order chi connectivity index (χ0) is 16.2. The molecule has 1 aliphatic heterocycles. The first kappa shape index (κ1) is 16.2. The zero-order valence-corrected chi connectivity index (χ0v) is 13.7. The Hall–Kier alpha value is -1.62. The van der Waals surface area contributed by atoms with E-state index in [0.717, 1.165) is 18.4 Å². The van der Waals surface area contributed by atoms with Gasteiger partial charge in [-0.3, -0.25) is 4.90 Å². The Morgan fingerprint density at radius 1 is 1.39 bits per heavy atom. The summed E-state index contributed by atoms with van der Waals surface area (Å²) in [6.07, 6.45) is 5.97. The second kappa shape index (κ2) is 7.30. The summed E-state index contributed by atoms with van der Waals surface area (Å²) in [5.74, 6) is 0.297. The molecule has 1 heterocycles. The molecule has 1 aromatic carbocycles. The highest BCUT2D eigenvalue weighted by atomic mass is 19.1. The quantitative estimate of drug-likeness (QED) is 0.863. The van der Waals surface area contributed by atoms with Crippen molar-refractivity contribution < 1.29 is 13.9 Å². The Labute approximate surface area is 137 Å². The number of carbonyl (C=O) groups excluding carboxylic acids is 1. The molecule has 0 unspecified atom stereocenters. The third-order valence-corrected chi connectivity index (χ3v) is 4.93. The topological polar surface area (TPSA) is 41.6 Å². The molecule has 1 N–H and O–H groups in total. The maximum Gasteiger partial charge on any atom is 0.321 e. The summed E-state index contributed by atoms with van der Waals surface area (Å²) in [6, 6.07) is 4.46.